The molecule has 10 heteroatoms. The molecule has 0 aromatic heterocycles. The fraction of sp³-hybridized carbons (Fsp3) is 0.400. The lowest BCUT2D eigenvalue weighted by Gasteiger charge is -2.32. The standard InChI is InChI=1S/C30H36N2O8/c1-30(2,3)40-29(36)32-22(16-17-24(32)26(33)37-4)18-23(21-14-10-7-11-15-21)25(27(34)38-5)31-28(35)39-19-20-12-8-6-9-13-20/h6-15,22,24H,16-19H2,1-5H3,(H,31,35)/b25-23-/t22-,24+/m1/s1. The number of methoxy groups -OCH3 is 2. The van der Waals surface area contributed by atoms with Crippen molar-refractivity contribution >= 4 is 29.7 Å². The average Bonchev–Trinajstić information content (AvgIpc) is 3.37. The Kier molecular flexibility index (Phi) is 10.3. The lowest BCUT2D eigenvalue weighted by molar-refractivity contribution is -0.146. The highest BCUT2D eigenvalue weighted by molar-refractivity contribution is 6.00. The molecule has 1 N–H and O–H groups in total. The Morgan fingerprint density at radius 2 is 1.52 bits per heavy atom. The summed E-state index contributed by atoms with van der Waals surface area (Å²) < 4.78 is 20.9. The number of alkyl carbamates (subject to hydrolysis) is 1. The predicted octanol–water partition coefficient (Wildman–Crippen LogP) is 4.83. The molecular weight excluding hydrogens is 516 g/mol. The number of benzene rings is 2. The number of likely N-dealkylation sites (tertiary alicyclic amines) is 1. The zero-order valence-corrected chi connectivity index (χ0v) is 23.5. The van der Waals surface area contributed by atoms with Crippen molar-refractivity contribution < 1.29 is 38.1 Å². The number of nitrogens with one attached hydrogen (secondary N) is 1. The number of hydrogen-bond donors (Lipinski definition) is 1. The third-order valence-corrected chi connectivity index (χ3v) is 6.27. The molecule has 1 aliphatic heterocycles. The van der Waals surface area contributed by atoms with Crippen LogP contribution in [0.5, 0.6) is 0 Å². The average molecular weight is 553 g/mol. The first-order chi connectivity index (χ1) is 19.0. The van der Waals surface area contributed by atoms with Crippen molar-refractivity contribution in [2.45, 2.75) is 64.3 Å². The number of ether oxygens (including phenoxy) is 4. The zero-order chi connectivity index (χ0) is 29.3. The number of nitrogens with zero attached hydrogens (tertiary/aromatic N) is 1. The van der Waals surface area contributed by atoms with Crippen LogP contribution < -0.4 is 5.32 Å². The van der Waals surface area contributed by atoms with Gasteiger partial charge in [-0.05, 0) is 56.7 Å². The minimum atomic E-state index is -0.854. The first-order valence-electron chi connectivity index (χ1n) is 13.0. The molecule has 1 saturated heterocycles. The maximum Gasteiger partial charge on any atom is 0.412 e. The van der Waals surface area contributed by atoms with Gasteiger partial charge >= 0.3 is 24.1 Å². The van der Waals surface area contributed by atoms with E-state index in [4.69, 9.17) is 18.9 Å². The van der Waals surface area contributed by atoms with Gasteiger partial charge in [0.15, 0.2) is 0 Å². The maximum atomic E-state index is 13.3. The number of hydrogen-bond acceptors (Lipinski definition) is 8. The number of carbonyl (C=O) groups is 4. The molecule has 1 fully saturated rings. The number of carbonyl (C=O) groups excluding carboxylic acids is 4. The van der Waals surface area contributed by atoms with E-state index in [1.807, 2.05) is 36.4 Å². The van der Waals surface area contributed by atoms with Gasteiger partial charge in [-0.15, -0.1) is 0 Å². The first-order valence-corrected chi connectivity index (χ1v) is 13.0. The summed E-state index contributed by atoms with van der Waals surface area (Å²) in [5, 5.41) is 2.56. The van der Waals surface area contributed by atoms with Crippen LogP contribution >= 0.6 is 0 Å². The molecule has 2 atom stereocenters. The molecule has 40 heavy (non-hydrogen) atoms. The number of rotatable bonds is 8. The summed E-state index contributed by atoms with van der Waals surface area (Å²) in [6, 6.07) is 16.7. The van der Waals surface area contributed by atoms with Crippen molar-refractivity contribution in [2.24, 2.45) is 0 Å². The Morgan fingerprint density at radius 1 is 0.900 bits per heavy atom. The predicted molar refractivity (Wildman–Crippen MR) is 147 cm³/mol. The van der Waals surface area contributed by atoms with E-state index in [2.05, 4.69) is 5.32 Å². The van der Waals surface area contributed by atoms with Crippen molar-refractivity contribution in [1.82, 2.24) is 10.2 Å². The number of amides is 2. The molecule has 2 aromatic carbocycles. The normalized spacial score (nSPS) is 17.4. The van der Waals surface area contributed by atoms with Gasteiger partial charge < -0.3 is 18.9 Å². The van der Waals surface area contributed by atoms with Gasteiger partial charge in [0.1, 0.15) is 23.9 Å². The molecule has 2 aromatic rings. The van der Waals surface area contributed by atoms with Gasteiger partial charge in [0.2, 0.25) is 0 Å². The highest BCUT2D eigenvalue weighted by Crippen LogP contribution is 2.35. The molecule has 1 aliphatic rings. The third kappa shape index (κ3) is 8.08. The molecule has 0 saturated carbocycles. The molecule has 10 nitrogen and oxygen atoms in total. The van der Waals surface area contributed by atoms with E-state index in [1.54, 1.807) is 45.0 Å². The molecule has 0 bridgehead atoms. The molecule has 0 unspecified atom stereocenters. The van der Waals surface area contributed by atoms with Crippen LogP contribution in [0.4, 0.5) is 9.59 Å². The Bertz CT molecular complexity index is 1220. The lowest BCUT2D eigenvalue weighted by atomic mass is 9.95. The SMILES string of the molecule is COC(=O)/C(NC(=O)OCc1ccccc1)=C(\C[C@H]1CC[C@@H](C(=O)OC)N1C(=O)OC(C)(C)C)c1ccccc1. The smallest absolute Gasteiger partial charge is 0.412 e. The van der Waals surface area contributed by atoms with Gasteiger partial charge in [-0.2, -0.15) is 0 Å². The van der Waals surface area contributed by atoms with Crippen LogP contribution in [-0.2, 0) is 35.1 Å². The van der Waals surface area contributed by atoms with E-state index in [0.717, 1.165) is 5.56 Å². The summed E-state index contributed by atoms with van der Waals surface area (Å²) in [4.78, 5) is 53.0. The monoisotopic (exact) mass is 552 g/mol. The van der Waals surface area contributed by atoms with Crippen molar-refractivity contribution in [3.05, 3.63) is 77.5 Å². The van der Waals surface area contributed by atoms with E-state index in [0.29, 0.717) is 24.0 Å². The van der Waals surface area contributed by atoms with Crippen LogP contribution in [-0.4, -0.2) is 60.9 Å². The molecular formula is C30H36N2O8. The van der Waals surface area contributed by atoms with Gasteiger partial charge in [-0.3, -0.25) is 10.2 Å². The second-order valence-corrected chi connectivity index (χ2v) is 10.3. The van der Waals surface area contributed by atoms with Crippen LogP contribution in [0.1, 0.15) is 51.2 Å². The summed E-state index contributed by atoms with van der Waals surface area (Å²) in [6.07, 6.45) is -0.630. The quantitative estimate of drug-likeness (QED) is 0.281. The molecule has 0 spiro atoms. The van der Waals surface area contributed by atoms with Gasteiger partial charge in [0.25, 0.3) is 0 Å². The van der Waals surface area contributed by atoms with Crippen LogP contribution in [0.25, 0.3) is 5.57 Å². The summed E-state index contributed by atoms with van der Waals surface area (Å²) in [7, 11) is 2.47. The lowest BCUT2D eigenvalue weighted by Crippen LogP contribution is -2.47. The fourth-order valence-electron chi connectivity index (χ4n) is 4.49. The molecule has 2 amide bonds. The van der Waals surface area contributed by atoms with Crippen molar-refractivity contribution in [3.8, 4) is 0 Å². The Morgan fingerprint density at radius 3 is 2.10 bits per heavy atom. The second kappa shape index (κ2) is 13.6. The minimum Gasteiger partial charge on any atom is -0.467 e. The maximum absolute atomic E-state index is 13.3. The Labute approximate surface area is 234 Å². The summed E-state index contributed by atoms with van der Waals surface area (Å²) in [5.74, 6) is -1.35. The van der Waals surface area contributed by atoms with Crippen LogP contribution in [0.3, 0.4) is 0 Å². The zero-order valence-electron chi connectivity index (χ0n) is 23.5. The van der Waals surface area contributed by atoms with E-state index in [-0.39, 0.29) is 18.7 Å². The largest absolute Gasteiger partial charge is 0.467 e. The minimum absolute atomic E-state index is 0.00233. The number of esters is 2. The third-order valence-electron chi connectivity index (χ3n) is 6.27. The Balaban J connectivity index is 1.98. The second-order valence-electron chi connectivity index (χ2n) is 10.3. The Hall–Kier alpha value is -4.34. The van der Waals surface area contributed by atoms with E-state index in [1.165, 1.54) is 19.1 Å². The topological polar surface area (TPSA) is 120 Å². The van der Waals surface area contributed by atoms with Gasteiger partial charge in [-0.25, -0.2) is 19.2 Å². The van der Waals surface area contributed by atoms with E-state index >= 15 is 0 Å². The van der Waals surface area contributed by atoms with Crippen LogP contribution in [0.2, 0.25) is 0 Å². The summed E-state index contributed by atoms with van der Waals surface area (Å²) in [6.45, 7) is 5.20. The van der Waals surface area contributed by atoms with Crippen LogP contribution in [0, 0.1) is 0 Å². The molecule has 0 aliphatic carbocycles. The van der Waals surface area contributed by atoms with E-state index in [9.17, 15) is 19.2 Å². The van der Waals surface area contributed by atoms with Gasteiger partial charge in [0, 0.05) is 6.04 Å². The van der Waals surface area contributed by atoms with Crippen molar-refractivity contribution in [3.63, 3.8) is 0 Å². The van der Waals surface area contributed by atoms with Gasteiger partial charge in [-0.1, -0.05) is 60.7 Å². The van der Waals surface area contributed by atoms with Crippen molar-refractivity contribution in [1.29, 1.82) is 0 Å². The summed E-state index contributed by atoms with van der Waals surface area (Å²) >= 11 is 0. The molecule has 1 heterocycles. The fourth-order valence-corrected chi connectivity index (χ4v) is 4.49. The van der Waals surface area contributed by atoms with Crippen LogP contribution in [0.15, 0.2) is 66.4 Å². The highest BCUT2D eigenvalue weighted by atomic mass is 16.6. The molecule has 3 rings (SSSR count). The highest BCUT2D eigenvalue weighted by Gasteiger charge is 2.44. The first kappa shape index (κ1) is 30.2. The van der Waals surface area contributed by atoms with Crippen molar-refractivity contribution in [2.75, 3.05) is 14.2 Å². The molecule has 214 valence electrons. The summed E-state index contributed by atoms with van der Waals surface area (Å²) in [5.41, 5.74) is 0.879. The van der Waals surface area contributed by atoms with Gasteiger partial charge in [0.05, 0.1) is 14.2 Å². The van der Waals surface area contributed by atoms with E-state index < -0.39 is 41.8 Å². The molecule has 0 radical (unpaired) electrons.